The van der Waals surface area contributed by atoms with Gasteiger partial charge in [-0.05, 0) is 18.2 Å². The molecule has 1 aliphatic rings. The fraction of sp³-hybridized carbons (Fsp3) is 0.200. The first kappa shape index (κ1) is 13.2. The first-order valence-corrected chi connectivity index (χ1v) is 6.53. The van der Waals surface area contributed by atoms with Gasteiger partial charge >= 0.3 is 5.97 Å². The van der Waals surface area contributed by atoms with E-state index in [9.17, 15) is 4.79 Å². The highest BCUT2D eigenvalue weighted by molar-refractivity contribution is 5.93. The van der Waals surface area contributed by atoms with Crippen LogP contribution in [0.25, 0.3) is 0 Å². The highest BCUT2D eigenvalue weighted by atomic mass is 16.6. The van der Waals surface area contributed by atoms with Gasteiger partial charge < -0.3 is 19.9 Å². The van der Waals surface area contributed by atoms with E-state index in [2.05, 4.69) is 10.3 Å². The number of aromatic nitrogens is 1. The van der Waals surface area contributed by atoms with E-state index in [-0.39, 0.29) is 11.7 Å². The summed E-state index contributed by atoms with van der Waals surface area (Å²) in [4.78, 5) is 15.0. The summed E-state index contributed by atoms with van der Waals surface area (Å²) in [6.45, 7) is 0.840. The van der Waals surface area contributed by atoms with Gasteiger partial charge in [0.2, 0.25) is 0 Å². The van der Waals surface area contributed by atoms with Crippen LogP contribution in [0.4, 0.5) is 5.69 Å². The van der Waals surface area contributed by atoms with Gasteiger partial charge in [-0.1, -0.05) is 12.1 Å². The van der Waals surface area contributed by atoms with E-state index in [0.717, 1.165) is 5.75 Å². The minimum Gasteiger partial charge on any atom is -0.486 e. The summed E-state index contributed by atoms with van der Waals surface area (Å²) in [6, 6.07) is 8.91. The van der Waals surface area contributed by atoms with Crippen molar-refractivity contribution in [3.05, 3.63) is 48.3 Å². The number of nitrogens with one attached hydrogen (secondary N) is 1. The zero-order chi connectivity index (χ0) is 14.7. The molecule has 6 nitrogen and oxygen atoms in total. The standard InChI is InChI=1S/C15H14N2O4/c18-15(19)11-5-6-16-8-12(11)17-7-10-9-20-13-3-1-2-4-14(13)21-10/h1-6,8,10,17H,7,9H2,(H,18,19). The minimum atomic E-state index is -0.994. The zero-order valence-electron chi connectivity index (χ0n) is 11.2. The molecule has 108 valence electrons. The van der Waals surface area contributed by atoms with Crippen molar-refractivity contribution >= 4 is 11.7 Å². The van der Waals surface area contributed by atoms with Gasteiger partial charge in [-0.15, -0.1) is 0 Å². The number of carboxylic acid groups (broad SMARTS) is 1. The molecule has 1 aromatic heterocycles. The number of benzene rings is 1. The average molecular weight is 286 g/mol. The lowest BCUT2D eigenvalue weighted by Gasteiger charge is -2.26. The highest BCUT2D eigenvalue weighted by Crippen LogP contribution is 2.30. The lowest BCUT2D eigenvalue weighted by molar-refractivity contribution is 0.0697. The molecular weight excluding hydrogens is 272 g/mol. The van der Waals surface area contributed by atoms with Gasteiger partial charge in [0.25, 0.3) is 0 Å². The van der Waals surface area contributed by atoms with Crippen molar-refractivity contribution in [3.63, 3.8) is 0 Å². The number of para-hydroxylation sites is 2. The number of fused-ring (bicyclic) bond motifs is 1. The molecule has 3 rings (SSSR count). The molecule has 1 aromatic carbocycles. The molecule has 2 N–H and O–H groups in total. The number of nitrogens with zero attached hydrogens (tertiary/aromatic N) is 1. The Morgan fingerprint density at radius 3 is 2.95 bits per heavy atom. The van der Waals surface area contributed by atoms with Crippen LogP contribution in [0.15, 0.2) is 42.7 Å². The molecule has 1 aliphatic heterocycles. The Bertz CT molecular complexity index is 660. The summed E-state index contributed by atoms with van der Waals surface area (Å²) in [6.07, 6.45) is 2.74. The zero-order valence-corrected chi connectivity index (χ0v) is 11.2. The minimum absolute atomic E-state index is 0.183. The van der Waals surface area contributed by atoms with E-state index in [4.69, 9.17) is 14.6 Å². The number of rotatable bonds is 4. The maximum Gasteiger partial charge on any atom is 0.337 e. The van der Waals surface area contributed by atoms with Crippen molar-refractivity contribution < 1.29 is 19.4 Å². The average Bonchev–Trinajstić information content (AvgIpc) is 2.53. The van der Waals surface area contributed by atoms with E-state index < -0.39 is 5.97 Å². The van der Waals surface area contributed by atoms with Crippen LogP contribution in [-0.4, -0.2) is 35.3 Å². The number of hydrogen-bond acceptors (Lipinski definition) is 5. The highest BCUT2D eigenvalue weighted by Gasteiger charge is 2.21. The molecule has 0 bridgehead atoms. The van der Waals surface area contributed by atoms with Crippen LogP contribution in [0.5, 0.6) is 11.5 Å². The molecule has 0 saturated heterocycles. The Morgan fingerprint density at radius 1 is 1.33 bits per heavy atom. The number of hydrogen-bond donors (Lipinski definition) is 2. The van der Waals surface area contributed by atoms with Crippen LogP contribution < -0.4 is 14.8 Å². The summed E-state index contributed by atoms with van der Waals surface area (Å²) in [7, 11) is 0. The van der Waals surface area contributed by atoms with E-state index in [0.29, 0.717) is 24.6 Å². The van der Waals surface area contributed by atoms with E-state index in [1.54, 1.807) is 0 Å². The Morgan fingerprint density at radius 2 is 2.14 bits per heavy atom. The SMILES string of the molecule is O=C(O)c1ccncc1NCC1COc2ccccc2O1. The molecular formula is C15H14N2O4. The second-order valence-electron chi connectivity index (χ2n) is 4.60. The van der Waals surface area contributed by atoms with E-state index >= 15 is 0 Å². The number of aromatic carboxylic acids is 1. The smallest absolute Gasteiger partial charge is 0.337 e. The van der Waals surface area contributed by atoms with Crippen LogP contribution >= 0.6 is 0 Å². The topological polar surface area (TPSA) is 80.7 Å². The van der Waals surface area contributed by atoms with Crippen LogP contribution in [0, 0.1) is 0 Å². The van der Waals surface area contributed by atoms with Gasteiger partial charge in [-0.3, -0.25) is 4.98 Å². The first-order chi connectivity index (χ1) is 10.2. The Balaban J connectivity index is 1.66. The number of carboxylic acids is 1. The van der Waals surface area contributed by atoms with Crippen LogP contribution in [0.3, 0.4) is 0 Å². The van der Waals surface area contributed by atoms with E-state index in [1.807, 2.05) is 24.3 Å². The molecule has 0 aliphatic carbocycles. The molecule has 6 heteroatoms. The summed E-state index contributed by atoms with van der Waals surface area (Å²) in [5.41, 5.74) is 0.648. The van der Waals surface area contributed by atoms with Crippen molar-refractivity contribution in [1.82, 2.24) is 4.98 Å². The quantitative estimate of drug-likeness (QED) is 0.895. The number of anilines is 1. The molecule has 1 atom stereocenters. The number of pyridine rings is 1. The summed E-state index contributed by atoms with van der Waals surface area (Å²) in [5.74, 6) is 0.424. The van der Waals surface area contributed by atoms with Crippen molar-refractivity contribution in [3.8, 4) is 11.5 Å². The molecule has 0 saturated carbocycles. The molecule has 2 aromatic rings. The molecule has 0 radical (unpaired) electrons. The third-order valence-electron chi connectivity index (χ3n) is 3.14. The first-order valence-electron chi connectivity index (χ1n) is 6.53. The van der Waals surface area contributed by atoms with Crippen molar-refractivity contribution in [2.45, 2.75) is 6.10 Å². The van der Waals surface area contributed by atoms with Gasteiger partial charge in [0.05, 0.1) is 24.0 Å². The van der Waals surface area contributed by atoms with Gasteiger partial charge in [0, 0.05) is 6.20 Å². The van der Waals surface area contributed by atoms with Gasteiger partial charge in [-0.25, -0.2) is 4.79 Å². The van der Waals surface area contributed by atoms with Gasteiger partial charge in [0.15, 0.2) is 11.5 Å². The van der Waals surface area contributed by atoms with Crippen LogP contribution in [-0.2, 0) is 0 Å². The molecule has 0 amide bonds. The lowest BCUT2D eigenvalue weighted by atomic mass is 10.2. The maximum absolute atomic E-state index is 11.1. The summed E-state index contributed by atoms with van der Waals surface area (Å²) < 4.78 is 11.4. The number of ether oxygens (including phenoxy) is 2. The van der Waals surface area contributed by atoms with Crippen LogP contribution in [0.1, 0.15) is 10.4 Å². The molecule has 0 spiro atoms. The van der Waals surface area contributed by atoms with Crippen molar-refractivity contribution in [1.29, 1.82) is 0 Å². The van der Waals surface area contributed by atoms with Crippen LogP contribution in [0.2, 0.25) is 0 Å². The van der Waals surface area contributed by atoms with Gasteiger partial charge in [-0.2, -0.15) is 0 Å². The van der Waals surface area contributed by atoms with Crippen molar-refractivity contribution in [2.75, 3.05) is 18.5 Å². The Labute approximate surface area is 121 Å². The largest absolute Gasteiger partial charge is 0.486 e. The molecule has 21 heavy (non-hydrogen) atoms. The predicted molar refractivity (Wildman–Crippen MR) is 76.0 cm³/mol. The van der Waals surface area contributed by atoms with Crippen molar-refractivity contribution in [2.24, 2.45) is 0 Å². The second kappa shape index (κ2) is 5.70. The predicted octanol–water partition coefficient (Wildman–Crippen LogP) is 2.03. The monoisotopic (exact) mass is 286 g/mol. The second-order valence-corrected chi connectivity index (χ2v) is 4.60. The Kier molecular flexibility index (Phi) is 3.59. The molecule has 0 fully saturated rings. The normalized spacial score (nSPS) is 16.3. The van der Waals surface area contributed by atoms with Gasteiger partial charge in [0.1, 0.15) is 12.7 Å². The van der Waals surface area contributed by atoms with E-state index in [1.165, 1.54) is 18.5 Å². The molecule has 1 unspecified atom stereocenters. The third kappa shape index (κ3) is 2.89. The fourth-order valence-corrected chi connectivity index (χ4v) is 2.11. The number of carbonyl (C=O) groups is 1. The lowest BCUT2D eigenvalue weighted by Crippen LogP contribution is -2.35. The summed E-state index contributed by atoms with van der Waals surface area (Å²) in [5, 5.41) is 12.2. The Hall–Kier alpha value is -2.76. The summed E-state index contributed by atoms with van der Waals surface area (Å²) >= 11 is 0. The maximum atomic E-state index is 11.1. The molecule has 2 heterocycles. The fourth-order valence-electron chi connectivity index (χ4n) is 2.11. The third-order valence-corrected chi connectivity index (χ3v) is 3.14.